The van der Waals surface area contributed by atoms with Crippen LogP contribution in [0, 0.1) is 0 Å². The van der Waals surface area contributed by atoms with Crippen molar-refractivity contribution in [3.63, 3.8) is 0 Å². The van der Waals surface area contributed by atoms with Gasteiger partial charge in [-0.15, -0.1) is 0 Å². The third kappa shape index (κ3) is 4.08. The van der Waals surface area contributed by atoms with Gasteiger partial charge in [-0.2, -0.15) is 13.2 Å². The first kappa shape index (κ1) is 16.5. The summed E-state index contributed by atoms with van der Waals surface area (Å²) < 4.78 is 38.8. The van der Waals surface area contributed by atoms with Crippen LogP contribution < -0.4 is 5.32 Å². The molecule has 0 amide bonds. The van der Waals surface area contributed by atoms with E-state index in [2.05, 4.69) is 5.32 Å². The summed E-state index contributed by atoms with van der Waals surface area (Å²) in [6, 6.07) is 15.8. The standard InChI is InChI=1S/C17H18F3NO/c1-12(13-8-4-2-5-9-13)21-15(16(22)17(18,19)20)14-10-6-3-7-11-14/h2-12,15-16,21-22H,1H3/t12-,15+,16-/m1/s1. The van der Waals surface area contributed by atoms with E-state index in [0.717, 1.165) is 5.56 Å². The first-order valence-corrected chi connectivity index (χ1v) is 7.00. The highest BCUT2D eigenvalue weighted by atomic mass is 19.4. The molecule has 2 nitrogen and oxygen atoms in total. The Bertz CT molecular complexity index is 571. The van der Waals surface area contributed by atoms with Crippen molar-refractivity contribution in [1.82, 2.24) is 5.32 Å². The molecule has 0 spiro atoms. The molecule has 0 fully saturated rings. The van der Waals surface area contributed by atoms with Gasteiger partial charge in [0.15, 0.2) is 6.10 Å². The number of rotatable bonds is 5. The zero-order valence-electron chi connectivity index (χ0n) is 12.1. The van der Waals surface area contributed by atoms with E-state index in [-0.39, 0.29) is 6.04 Å². The van der Waals surface area contributed by atoms with Crippen LogP contribution in [0.5, 0.6) is 0 Å². The number of hydrogen-bond donors (Lipinski definition) is 2. The van der Waals surface area contributed by atoms with E-state index >= 15 is 0 Å². The van der Waals surface area contributed by atoms with Gasteiger partial charge < -0.3 is 10.4 Å². The molecule has 0 bridgehead atoms. The zero-order chi connectivity index (χ0) is 16.2. The minimum atomic E-state index is -4.69. The summed E-state index contributed by atoms with van der Waals surface area (Å²) >= 11 is 0. The number of aliphatic hydroxyl groups is 1. The average molecular weight is 309 g/mol. The van der Waals surface area contributed by atoms with Crippen LogP contribution in [0.3, 0.4) is 0 Å². The molecule has 0 saturated heterocycles. The number of nitrogens with one attached hydrogen (secondary N) is 1. The zero-order valence-corrected chi connectivity index (χ0v) is 12.1. The Kier molecular flexibility index (Phi) is 5.21. The molecular formula is C17H18F3NO. The van der Waals surface area contributed by atoms with Crippen LogP contribution in [0.15, 0.2) is 60.7 Å². The van der Waals surface area contributed by atoms with Gasteiger partial charge in [-0.3, -0.25) is 0 Å². The fourth-order valence-corrected chi connectivity index (χ4v) is 2.33. The van der Waals surface area contributed by atoms with Gasteiger partial charge in [0.2, 0.25) is 0 Å². The predicted octanol–water partition coefficient (Wildman–Crippen LogP) is 4.00. The lowest BCUT2D eigenvalue weighted by Gasteiger charge is -2.29. The maximum Gasteiger partial charge on any atom is 0.416 e. The molecule has 0 heterocycles. The Morgan fingerprint density at radius 1 is 0.864 bits per heavy atom. The van der Waals surface area contributed by atoms with E-state index < -0.39 is 18.3 Å². The number of aliphatic hydroxyl groups excluding tert-OH is 1. The Hall–Kier alpha value is -1.85. The lowest BCUT2D eigenvalue weighted by Crippen LogP contribution is -2.42. The molecule has 3 atom stereocenters. The van der Waals surface area contributed by atoms with Gasteiger partial charge in [-0.1, -0.05) is 60.7 Å². The molecular weight excluding hydrogens is 291 g/mol. The van der Waals surface area contributed by atoms with Gasteiger partial charge in [0.1, 0.15) is 0 Å². The summed E-state index contributed by atoms with van der Waals surface area (Å²) in [6.07, 6.45) is -7.16. The van der Waals surface area contributed by atoms with Crippen LogP contribution in [-0.2, 0) is 0 Å². The number of hydrogen-bond acceptors (Lipinski definition) is 2. The molecule has 0 unspecified atom stereocenters. The lowest BCUT2D eigenvalue weighted by molar-refractivity contribution is -0.213. The normalized spacial score (nSPS) is 16.0. The molecule has 22 heavy (non-hydrogen) atoms. The van der Waals surface area contributed by atoms with E-state index in [1.165, 1.54) is 0 Å². The second-order valence-corrected chi connectivity index (χ2v) is 5.17. The Balaban J connectivity index is 2.25. The second-order valence-electron chi connectivity index (χ2n) is 5.17. The lowest BCUT2D eigenvalue weighted by atomic mass is 9.98. The van der Waals surface area contributed by atoms with Crippen LogP contribution in [0.4, 0.5) is 13.2 Å². The topological polar surface area (TPSA) is 32.3 Å². The molecule has 2 aromatic carbocycles. The van der Waals surface area contributed by atoms with E-state index in [9.17, 15) is 18.3 Å². The number of halogens is 3. The van der Waals surface area contributed by atoms with Crippen molar-refractivity contribution in [3.05, 3.63) is 71.8 Å². The Labute approximate surface area is 127 Å². The summed E-state index contributed by atoms with van der Waals surface area (Å²) in [5.74, 6) is 0. The molecule has 2 aromatic rings. The van der Waals surface area contributed by atoms with Gasteiger partial charge in [0.05, 0.1) is 6.04 Å². The maximum atomic E-state index is 12.9. The highest BCUT2D eigenvalue weighted by Crippen LogP contribution is 2.32. The summed E-state index contributed by atoms with van der Waals surface area (Å²) in [7, 11) is 0. The molecule has 0 aliphatic carbocycles. The smallest absolute Gasteiger partial charge is 0.382 e. The van der Waals surface area contributed by atoms with Gasteiger partial charge in [-0.05, 0) is 18.1 Å². The average Bonchev–Trinajstić information content (AvgIpc) is 2.52. The van der Waals surface area contributed by atoms with E-state index in [4.69, 9.17) is 0 Å². The third-order valence-electron chi connectivity index (χ3n) is 3.54. The van der Waals surface area contributed by atoms with Crippen LogP contribution in [-0.4, -0.2) is 17.4 Å². The van der Waals surface area contributed by atoms with Crippen molar-refractivity contribution < 1.29 is 18.3 Å². The van der Waals surface area contributed by atoms with Gasteiger partial charge in [0, 0.05) is 6.04 Å². The predicted molar refractivity (Wildman–Crippen MR) is 79.2 cm³/mol. The molecule has 5 heteroatoms. The summed E-state index contributed by atoms with van der Waals surface area (Å²) in [4.78, 5) is 0. The van der Waals surface area contributed by atoms with E-state index in [0.29, 0.717) is 5.56 Å². The largest absolute Gasteiger partial charge is 0.416 e. The summed E-state index contributed by atoms with van der Waals surface area (Å²) in [5.41, 5.74) is 1.26. The van der Waals surface area contributed by atoms with E-state index in [1.807, 2.05) is 30.3 Å². The highest BCUT2D eigenvalue weighted by molar-refractivity contribution is 5.23. The maximum absolute atomic E-state index is 12.9. The number of alkyl halides is 3. The SMILES string of the molecule is C[C@@H](N[C@@H](c1ccccc1)[C@@H](O)C(F)(F)F)c1ccccc1. The molecule has 0 aliphatic rings. The molecule has 0 saturated carbocycles. The Morgan fingerprint density at radius 2 is 1.32 bits per heavy atom. The van der Waals surface area contributed by atoms with Crippen molar-refractivity contribution in [1.29, 1.82) is 0 Å². The van der Waals surface area contributed by atoms with Crippen molar-refractivity contribution in [2.45, 2.75) is 31.3 Å². The van der Waals surface area contributed by atoms with Gasteiger partial charge >= 0.3 is 6.18 Å². The van der Waals surface area contributed by atoms with Crippen LogP contribution in [0.1, 0.15) is 30.1 Å². The molecule has 118 valence electrons. The highest BCUT2D eigenvalue weighted by Gasteiger charge is 2.44. The number of benzene rings is 2. The van der Waals surface area contributed by atoms with Crippen LogP contribution in [0.2, 0.25) is 0 Å². The fourth-order valence-electron chi connectivity index (χ4n) is 2.33. The van der Waals surface area contributed by atoms with Crippen molar-refractivity contribution in [2.24, 2.45) is 0 Å². The Morgan fingerprint density at radius 3 is 1.77 bits per heavy atom. The molecule has 2 rings (SSSR count). The minimum absolute atomic E-state index is 0.330. The first-order chi connectivity index (χ1) is 10.4. The third-order valence-corrected chi connectivity index (χ3v) is 3.54. The molecule has 2 N–H and O–H groups in total. The van der Waals surface area contributed by atoms with Crippen LogP contribution >= 0.6 is 0 Å². The van der Waals surface area contributed by atoms with Crippen molar-refractivity contribution in [3.8, 4) is 0 Å². The van der Waals surface area contributed by atoms with Gasteiger partial charge in [-0.25, -0.2) is 0 Å². The summed E-state index contributed by atoms with van der Waals surface area (Å²) in [5, 5.41) is 12.6. The van der Waals surface area contributed by atoms with Crippen molar-refractivity contribution in [2.75, 3.05) is 0 Å². The summed E-state index contributed by atoms with van der Waals surface area (Å²) in [6.45, 7) is 1.77. The van der Waals surface area contributed by atoms with Crippen molar-refractivity contribution >= 4 is 0 Å². The molecule has 0 radical (unpaired) electrons. The van der Waals surface area contributed by atoms with E-state index in [1.54, 1.807) is 37.3 Å². The monoisotopic (exact) mass is 309 g/mol. The first-order valence-electron chi connectivity index (χ1n) is 7.00. The van der Waals surface area contributed by atoms with Crippen LogP contribution in [0.25, 0.3) is 0 Å². The fraction of sp³-hybridized carbons (Fsp3) is 0.294. The minimum Gasteiger partial charge on any atom is -0.382 e. The second kappa shape index (κ2) is 6.94. The molecule has 0 aromatic heterocycles. The molecule has 0 aliphatic heterocycles. The van der Waals surface area contributed by atoms with Gasteiger partial charge in [0.25, 0.3) is 0 Å². The quantitative estimate of drug-likeness (QED) is 0.875.